The van der Waals surface area contributed by atoms with Gasteiger partial charge in [-0.1, -0.05) is 18.2 Å². The molecule has 0 spiro atoms. The highest BCUT2D eigenvalue weighted by atomic mass is 15.2. The smallest absolute Gasteiger partial charge is 0.191 e. The second kappa shape index (κ2) is 8.90. The lowest BCUT2D eigenvalue weighted by Gasteiger charge is -2.20. The number of rotatable bonds is 7. The van der Waals surface area contributed by atoms with Crippen molar-refractivity contribution >= 4 is 16.9 Å². The molecule has 2 rings (SSSR count). The van der Waals surface area contributed by atoms with Gasteiger partial charge in [0.05, 0.1) is 6.54 Å². The average molecular weight is 344 g/mol. The molecule has 0 bridgehead atoms. The molecule has 5 nitrogen and oxygen atoms in total. The molecule has 0 atom stereocenters. The lowest BCUT2D eigenvalue weighted by Crippen LogP contribution is -2.40. The Balaban J connectivity index is 1.87. The first-order valence-corrected chi connectivity index (χ1v) is 9.23. The molecule has 0 amide bonds. The van der Waals surface area contributed by atoms with E-state index in [-0.39, 0.29) is 5.54 Å². The second-order valence-electron chi connectivity index (χ2n) is 7.43. The molecular weight excluding hydrogens is 310 g/mol. The topological polar surface area (TPSA) is 64.2 Å². The molecule has 0 aliphatic rings. The van der Waals surface area contributed by atoms with Crippen LogP contribution in [0.25, 0.3) is 10.9 Å². The van der Waals surface area contributed by atoms with E-state index in [4.69, 9.17) is 0 Å². The predicted molar refractivity (Wildman–Crippen MR) is 108 cm³/mol. The molecule has 25 heavy (non-hydrogen) atoms. The normalized spacial score (nSPS) is 12.6. The van der Waals surface area contributed by atoms with Crippen LogP contribution >= 0.6 is 0 Å². The van der Waals surface area contributed by atoms with E-state index in [9.17, 15) is 0 Å². The largest absolute Gasteiger partial charge is 0.361 e. The lowest BCUT2D eigenvalue weighted by molar-refractivity contribution is 0.432. The van der Waals surface area contributed by atoms with Gasteiger partial charge in [-0.3, -0.25) is 4.99 Å². The summed E-state index contributed by atoms with van der Waals surface area (Å²) >= 11 is 0. The monoisotopic (exact) mass is 343 g/mol. The van der Waals surface area contributed by atoms with E-state index in [2.05, 4.69) is 84.9 Å². The van der Waals surface area contributed by atoms with E-state index in [1.165, 1.54) is 22.0 Å². The fourth-order valence-corrected chi connectivity index (χ4v) is 2.83. The van der Waals surface area contributed by atoms with Crippen molar-refractivity contribution in [2.75, 3.05) is 26.2 Å². The number of aromatic nitrogens is 1. The van der Waals surface area contributed by atoms with Gasteiger partial charge in [-0.25, -0.2) is 0 Å². The van der Waals surface area contributed by atoms with Gasteiger partial charge >= 0.3 is 0 Å². The Morgan fingerprint density at radius 2 is 1.96 bits per heavy atom. The second-order valence-corrected chi connectivity index (χ2v) is 7.43. The zero-order valence-electron chi connectivity index (χ0n) is 16.3. The van der Waals surface area contributed by atoms with Gasteiger partial charge < -0.3 is 20.9 Å². The zero-order valence-corrected chi connectivity index (χ0v) is 16.3. The number of aliphatic imine (C=N–C) groups is 1. The van der Waals surface area contributed by atoms with Gasteiger partial charge in [-0.05, 0) is 52.2 Å². The Hall–Kier alpha value is -2.01. The highest BCUT2D eigenvalue weighted by Gasteiger charge is 2.08. The van der Waals surface area contributed by atoms with Crippen LogP contribution in [0.4, 0.5) is 0 Å². The maximum absolute atomic E-state index is 4.64. The standard InChI is InChI=1S/C20H33N5/c1-6-21-19(23-12-13-25-20(3,4)5)22-11-10-16-14-24-18-15(2)8-7-9-17(16)18/h7-9,14,24-25H,6,10-13H2,1-5H3,(H2,21,22,23). The number of guanidine groups is 1. The van der Waals surface area contributed by atoms with E-state index in [0.29, 0.717) is 0 Å². The Morgan fingerprint density at radius 3 is 2.68 bits per heavy atom. The summed E-state index contributed by atoms with van der Waals surface area (Å²) < 4.78 is 0. The molecule has 0 unspecified atom stereocenters. The third-order valence-corrected chi connectivity index (χ3v) is 4.08. The van der Waals surface area contributed by atoms with Crippen molar-refractivity contribution in [2.45, 2.75) is 46.6 Å². The molecule has 4 N–H and O–H groups in total. The number of benzene rings is 1. The summed E-state index contributed by atoms with van der Waals surface area (Å²) in [6, 6.07) is 6.45. The fourth-order valence-electron chi connectivity index (χ4n) is 2.83. The number of aromatic amines is 1. The number of nitrogens with one attached hydrogen (secondary N) is 4. The SMILES string of the molecule is CCNC(=NCCNC(C)(C)C)NCCc1c[nH]c2c(C)cccc12. The minimum absolute atomic E-state index is 0.134. The third kappa shape index (κ3) is 6.09. The van der Waals surface area contributed by atoms with Gasteiger partial charge in [0.2, 0.25) is 0 Å². The van der Waals surface area contributed by atoms with Crippen molar-refractivity contribution in [1.29, 1.82) is 0 Å². The Bertz CT molecular complexity index is 694. The van der Waals surface area contributed by atoms with Crippen molar-refractivity contribution in [2.24, 2.45) is 4.99 Å². The quantitative estimate of drug-likeness (QED) is 0.355. The molecule has 1 aromatic heterocycles. The molecule has 0 fully saturated rings. The number of hydrogen-bond acceptors (Lipinski definition) is 2. The van der Waals surface area contributed by atoms with Gasteiger partial charge in [0, 0.05) is 42.3 Å². The molecule has 1 heterocycles. The van der Waals surface area contributed by atoms with Crippen molar-refractivity contribution < 1.29 is 0 Å². The molecule has 2 aromatic rings. The highest BCUT2D eigenvalue weighted by molar-refractivity contribution is 5.86. The number of aryl methyl sites for hydroxylation is 1. The molecule has 0 aliphatic carbocycles. The van der Waals surface area contributed by atoms with E-state index in [1.54, 1.807) is 0 Å². The van der Waals surface area contributed by atoms with Crippen molar-refractivity contribution in [1.82, 2.24) is 20.9 Å². The Morgan fingerprint density at radius 1 is 1.16 bits per heavy atom. The van der Waals surface area contributed by atoms with Crippen molar-refractivity contribution in [3.8, 4) is 0 Å². The molecular formula is C20H33N5. The molecule has 0 aliphatic heterocycles. The lowest BCUT2D eigenvalue weighted by atomic mass is 10.1. The van der Waals surface area contributed by atoms with Crippen LogP contribution in [-0.2, 0) is 6.42 Å². The molecule has 0 saturated carbocycles. The molecule has 0 saturated heterocycles. The highest BCUT2D eigenvalue weighted by Crippen LogP contribution is 2.21. The Labute approximate surface area is 151 Å². The number of para-hydroxylation sites is 1. The van der Waals surface area contributed by atoms with E-state index in [1.807, 2.05) is 0 Å². The minimum atomic E-state index is 0.134. The van der Waals surface area contributed by atoms with Crippen LogP contribution in [-0.4, -0.2) is 42.7 Å². The van der Waals surface area contributed by atoms with E-state index in [0.717, 1.165) is 38.6 Å². The first-order chi connectivity index (χ1) is 11.9. The van der Waals surface area contributed by atoms with Crippen LogP contribution in [0.1, 0.15) is 38.8 Å². The summed E-state index contributed by atoms with van der Waals surface area (Å²) in [5.74, 6) is 0.884. The van der Waals surface area contributed by atoms with Crippen LogP contribution in [0, 0.1) is 6.92 Å². The summed E-state index contributed by atoms with van der Waals surface area (Å²) in [5, 5.41) is 11.5. The van der Waals surface area contributed by atoms with Crippen LogP contribution in [0.2, 0.25) is 0 Å². The minimum Gasteiger partial charge on any atom is -0.361 e. The number of hydrogen-bond donors (Lipinski definition) is 4. The van der Waals surface area contributed by atoms with E-state index >= 15 is 0 Å². The summed E-state index contributed by atoms with van der Waals surface area (Å²) in [4.78, 5) is 8.03. The number of fused-ring (bicyclic) bond motifs is 1. The molecule has 1 aromatic carbocycles. The van der Waals surface area contributed by atoms with Crippen molar-refractivity contribution in [3.05, 3.63) is 35.5 Å². The first kappa shape index (κ1) is 19.3. The van der Waals surface area contributed by atoms with Gasteiger partial charge in [0.1, 0.15) is 0 Å². The van der Waals surface area contributed by atoms with Crippen LogP contribution < -0.4 is 16.0 Å². The van der Waals surface area contributed by atoms with Crippen LogP contribution in [0.15, 0.2) is 29.4 Å². The average Bonchev–Trinajstić information content (AvgIpc) is 2.95. The maximum atomic E-state index is 4.64. The summed E-state index contributed by atoms with van der Waals surface area (Å²) in [6.07, 6.45) is 3.09. The van der Waals surface area contributed by atoms with Crippen LogP contribution in [0.3, 0.4) is 0 Å². The van der Waals surface area contributed by atoms with Crippen LogP contribution in [0.5, 0.6) is 0 Å². The predicted octanol–water partition coefficient (Wildman–Crippen LogP) is 2.96. The Kier molecular flexibility index (Phi) is 6.88. The maximum Gasteiger partial charge on any atom is 0.191 e. The summed E-state index contributed by atoms with van der Waals surface area (Å²) in [6.45, 7) is 14.1. The molecule has 0 radical (unpaired) electrons. The first-order valence-electron chi connectivity index (χ1n) is 9.23. The summed E-state index contributed by atoms with van der Waals surface area (Å²) in [5.41, 5.74) is 4.01. The number of nitrogens with zero attached hydrogens (tertiary/aromatic N) is 1. The zero-order chi connectivity index (χ0) is 18.3. The van der Waals surface area contributed by atoms with E-state index < -0.39 is 0 Å². The van der Waals surface area contributed by atoms with Gasteiger partial charge in [0.15, 0.2) is 5.96 Å². The molecule has 5 heteroatoms. The van der Waals surface area contributed by atoms with Crippen molar-refractivity contribution in [3.63, 3.8) is 0 Å². The molecule has 138 valence electrons. The van der Waals surface area contributed by atoms with Gasteiger partial charge in [-0.15, -0.1) is 0 Å². The van der Waals surface area contributed by atoms with Gasteiger partial charge in [-0.2, -0.15) is 0 Å². The number of H-pyrrole nitrogens is 1. The van der Waals surface area contributed by atoms with Gasteiger partial charge in [0.25, 0.3) is 0 Å². The summed E-state index contributed by atoms with van der Waals surface area (Å²) in [7, 11) is 0. The fraction of sp³-hybridized carbons (Fsp3) is 0.550. The third-order valence-electron chi connectivity index (χ3n) is 4.08.